The van der Waals surface area contributed by atoms with Crippen LogP contribution in [-0.2, 0) is 0 Å². The second-order valence-electron chi connectivity index (χ2n) is 6.83. The van der Waals surface area contributed by atoms with Gasteiger partial charge >= 0.3 is 0 Å². The number of halogens is 1. The first-order chi connectivity index (χ1) is 13.7. The Morgan fingerprint density at radius 2 is 1.86 bits per heavy atom. The first-order valence-electron chi connectivity index (χ1n) is 9.56. The number of hydrogen-bond donors (Lipinski definition) is 1. The SMILES string of the molecule is CCN(CC)C(=O)c1ccc(NC(=O)c2c(C)nc(C(C)C)nc2SC)cc1Cl. The third-order valence-electron chi connectivity index (χ3n) is 4.52. The van der Waals surface area contributed by atoms with Crippen molar-refractivity contribution in [1.82, 2.24) is 14.9 Å². The van der Waals surface area contributed by atoms with Gasteiger partial charge in [0.2, 0.25) is 0 Å². The zero-order valence-corrected chi connectivity index (χ0v) is 19.2. The summed E-state index contributed by atoms with van der Waals surface area (Å²) in [7, 11) is 0. The summed E-state index contributed by atoms with van der Waals surface area (Å²) in [6.07, 6.45) is 1.88. The predicted molar refractivity (Wildman–Crippen MR) is 119 cm³/mol. The van der Waals surface area contributed by atoms with Crippen molar-refractivity contribution in [2.75, 3.05) is 24.7 Å². The number of aryl methyl sites for hydroxylation is 1. The van der Waals surface area contributed by atoms with Crippen LogP contribution in [0.5, 0.6) is 0 Å². The summed E-state index contributed by atoms with van der Waals surface area (Å²) in [5.41, 5.74) is 2.00. The van der Waals surface area contributed by atoms with Gasteiger partial charge < -0.3 is 10.2 Å². The molecule has 0 bridgehead atoms. The number of hydrogen-bond acceptors (Lipinski definition) is 5. The Balaban J connectivity index is 2.30. The number of thioether (sulfide) groups is 1. The molecular formula is C21H27ClN4O2S. The van der Waals surface area contributed by atoms with Crippen LogP contribution in [0.25, 0.3) is 0 Å². The molecule has 0 saturated carbocycles. The minimum absolute atomic E-state index is 0.129. The maximum Gasteiger partial charge on any atom is 0.260 e. The van der Waals surface area contributed by atoms with Crippen LogP contribution in [0, 0.1) is 6.92 Å². The van der Waals surface area contributed by atoms with E-state index in [4.69, 9.17) is 11.6 Å². The summed E-state index contributed by atoms with van der Waals surface area (Å²) < 4.78 is 0. The predicted octanol–water partition coefficient (Wildman–Crippen LogP) is 5.02. The third kappa shape index (κ3) is 5.28. The standard InChI is InChI=1S/C21H27ClN4O2S/c1-7-26(8-2)21(28)15-10-9-14(11-16(15)22)24-19(27)17-13(5)23-18(12(3)4)25-20(17)29-6/h9-12H,7-8H2,1-6H3,(H,24,27). The Morgan fingerprint density at radius 1 is 1.21 bits per heavy atom. The van der Waals surface area contributed by atoms with Gasteiger partial charge in [-0.05, 0) is 45.2 Å². The summed E-state index contributed by atoms with van der Waals surface area (Å²) in [6, 6.07) is 4.91. The summed E-state index contributed by atoms with van der Waals surface area (Å²) >= 11 is 7.74. The van der Waals surface area contributed by atoms with Gasteiger partial charge in [-0.15, -0.1) is 11.8 Å². The van der Waals surface area contributed by atoms with Crippen molar-refractivity contribution in [2.45, 2.75) is 45.6 Å². The Morgan fingerprint density at radius 3 is 2.38 bits per heavy atom. The highest BCUT2D eigenvalue weighted by Gasteiger charge is 2.21. The molecule has 2 rings (SSSR count). The topological polar surface area (TPSA) is 75.2 Å². The van der Waals surface area contributed by atoms with Gasteiger partial charge in [-0.25, -0.2) is 9.97 Å². The number of benzene rings is 1. The Bertz CT molecular complexity index is 914. The lowest BCUT2D eigenvalue weighted by Gasteiger charge is -2.19. The van der Waals surface area contributed by atoms with E-state index in [1.165, 1.54) is 11.8 Å². The van der Waals surface area contributed by atoms with Crippen molar-refractivity contribution >= 4 is 40.9 Å². The van der Waals surface area contributed by atoms with Crippen molar-refractivity contribution in [3.63, 3.8) is 0 Å². The van der Waals surface area contributed by atoms with E-state index in [0.717, 1.165) is 0 Å². The van der Waals surface area contributed by atoms with Crippen LogP contribution in [-0.4, -0.2) is 46.0 Å². The summed E-state index contributed by atoms with van der Waals surface area (Å²) in [4.78, 5) is 36.1. The fraction of sp³-hybridized carbons (Fsp3) is 0.429. The molecule has 1 N–H and O–H groups in total. The Hall–Kier alpha value is -2.12. The molecule has 156 valence electrons. The van der Waals surface area contributed by atoms with Gasteiger partial charge in [0, 0.05) is 24.7 Å². The molecule has 0 saturated heterocycles. The van der Waals surface area contributed by atoms with Crippen LogP contribution in [0.4, 0.5) is 5.69 Å². The molecule has 8 heteroatoms. The highest BCUT2D eigenvalue weighted by Crippen LogP contribution is 2.26. The van der Waals surface area contributed by atoms with Crippen LogP contribution < -0.4 is 5.32 Å². The van der Waals surface area contributed by atoms with E-state index < -0.39 is 0 Å². The zero-order valence-electron chi connectivity index (χ0n) is 17.7. The van der Waals surface area contributed by atoms with Crippen molar-refractivity contribution in [3.8, 4) is 0 Å². The van der Waals surface area contributed by atoms with Gasteiger partial charge in [0.25, 0.3) is 11.8 Å². The average molecular weight is 435 g/mol. The largest absolute Gasteiger partial charge is 0.339 e. The minimum Gasteiger partial charge on any atom is -0.339 e. The fourth-order valence-electron chi connectivity index (χ4n) is 2.88. The van der Waals surface area contributed by atoms with Crippen LogP contribution in [0.3, 0.4) is 0 Å². The van der Waals surface area contributed by atoms with E-state index in [1.807, 2.05) is 34.0 Å². The number of nitrogens with zero attached hydrogens (tertiary/aromatic N) is 3. The number of anilines is 1. The Kier molecular flexibility index (Phi) is 8.05. The molecule has 0 aliphatic rings. The molecule has 0 aliphatic carbocycles. The molecule has 2 aromatic rings. The quantitative estimate of drug-likeness (QED) is 0.489. The summed E-state index contributed by atoms with van der Waals surface area (Å²) in [5.74, 6) is 0.453. The van der Waals surface area contributed by atoms with E-state index in [1.54, 1.807) is 30.0 Å². The lowest BCUT2D eigenvalue weighted by atomic mass is 10.1. The van der Waals surface area contributed by atoms with Gasteiger partial charge in [-0.1, -0.05) is 25.4 Å². The summed E-state index contributed by atoms with van der Waals surface area (Å²) in [6.45, 7) is 10.9. The summed E-state index contributed by atoms with van der Waals surface area (Å²) in [5, 5.41) is 3.78. The highest BCUT2D eigenvalue weighted by molar-refractivity contribution is 7.98. The van der Waals surface area contributed by atoms with Crippen molar-refractivity contribution in [3.05, 3.63) is 45.9 Å². The van der Waals surface area contributed by atoms with Crippen LogP contribution in [0.2, 0.25) is 5.02 Å². The van der Waals surface area contributed by atoms with Gasteiger partial charge in [0.05, 0.1) is 21.8 Å². The Labute approximate surface area is 181 Å². The van der Waals surface area contributed by atoms with Crippen molar-refractivity contribution < 1.29 is 9.59 Å². The van der Waals surface area contributed by atoms with Crippen molar-refractivity contribution in [1.29, 1.82) is 0 Å². The van der Waals surface area contributed by atoms with E-state index in [2.05, 4.69) is 15.3 Å². The van der Waals surface area contributed by atoms with Crippen LogP contribution in [0.15, 0.2) is 23.2 Å². The molecule has 29 heavy (non-hydrogen) atoms. The smallest absolute Gasteiger partial charge is 0.260 e. The number of rotatable bonds is 7. The number of nitrogens with one attached hydrogen (secondary N) is 1. The monoisotopic (exact) mass is 434 g/mol. The molecule has 1 heterocycles. The van der Waals surface area contributed by atoms with E-state index in [9.17, 15) is 9.59 Å². The molecule has 0 aliphatic heterocycles. The number of carbonyl (C=O) groups excluding carboxylic acids is 2. The van der Waals surface area contributed by atoms with E-state index in [0.29, 0.717) is 51.5 Å². The van der Waals surface area contributed by atoms with Gasteiger partial charge in [-0.2, -0.15) is 0 Å². The highest BCUT2D eigenvalue weighted by atomic mass is 35.5. The maximum absolute atomic E-state index is 12.9. The minimum atomic E-state index is -0.305. The normalized spacial score (nSPS) is 10.9. The molecular weight excluding hydrogens is 408 g/mol. The van der Waals surface area contributed by atoms with Crippen molar-refractivity contribution in [2.24, 2.45) is 0 Å². The van der Waals surface area contributed by atoms with Crippen LogP contribution >= 0.6 is 23.4 Å². The average Bonchev–Trinajstić information content (AvgIpc) is 2.67. The second-order valence-corrected chi connectivity index (χ2v) is 8.03. The van der Waals surface area contributed by atoms with Crippen LogP contribution in [0.1, 0.15) is 65.8 Å². The molecule has 1 aromatic carbocycles. The second kappa shape index (κ2) is 10.1. The number of amides is 2. The van der Waals surface area contributed by atoms with Gasteiger partial charge in [0.1, 0.15) is 10.9 Å². The molecule has 0 fully saturated rings. The fourth-order valence-corrected chi connectivity index (χ4v) is 3.77. The maximum atomic E-state index is 12.9. The number of aromatic nitrogens is 2. The molecule has 1 aromatic heterocycles. The molecule has 6 nitrogen and oxygen atoms in total. The molecule has 0 atom stereocenters. The van der Waals surface area contributed by atoms with Gasteiger partial charge in [-0.3, -0.25) is 9.59 Å². The first kappa shape index (κ1) is 23.2. The molecule has 2 amide bonds. The lowest BCUT2D eigenvalue weighted by Crippen LogP contribution is -2.30. The van der Waals surface area contributed by atoms with Gasteiger partial charge in [0.15, 0.2) is 0 Å². The van der Waals surface area contributed by atoms with E-state index >= 15 is 0 Å². The molecule has 0 unspecified atom stereocenters. The zero-order chi connectivity index (χ0) is 21.7. The van der Waals surface area contributed by atoms with E-state index in [-0.39, 0.29) is 17.7 Å². The first-order valence-corrected chi connectivity index (χ1v) is 11.2. The molecule has 0 spiro atoms. The lowest BCUT2D eigenvalue weighted by molar-refractivity contribution is 0.0773. The third-order valence-corrected chi connectivity index (χ3v) is 5.51. The number of carbonyl (C=O) groups is 2. The molecule has 0 radical (unpaired) electrons.